The van der Waals surface area contributed by atoms with Gasteiger partial charge in [-0.25, -0.2) is 18.6 Å². The fourth-order valence-electron chi connectivity index (χ4n) is 4.43. The lowest BCUT2D eigenvalue weighted by Gasteiger charge is -2.22. The molecule has 4 rings (SSSR count). The molecule has 214 valence electrons. The van der Waals surface area contributed by atoms with Crippen molar-refractivity contribution in [2.45, 2.75) is 31.9 Å². The standard InChI is InChI=1S/C31H31F2N3O4S/c1-19-34-18-25(35-19)13-15-40-29(21-5-10-24(33)11-6-21)22-7-12-26(27(17-22)20-3-8-23(32)9-4-20)30(37)36-28(31(38)39)14-16-41-2/h3-12,17-18,28-29H,13-16H2,1-2H3,(H,34,35)(H,36,37)(H,38,39)/t28-,29?/m0/s1. The maximum Gasteiger partial charge on any atom is 0.326 e. The van der Waals surface area contributed by atoms with Crippen LogP contribution >= 0.6 is 11.8 Å². The predicted molar refractivity (Wildman–Crippen MR) is 155 cm³/mol. The van der Waals surface area contributed by atoms with Crippen molar-refractivity contribution < 1.29 is 28.2 Å². The van der Waals surface area contributed by atoms with Gasteiger partial charge in [0.05, 0.1) is 6.61 Å². The number of nitrogens with zero attached hydrogens (tertiary/aromatic N) is 1. The van der Waals surface area contributed by atoms with Gasteiger partial charge in [-0.05, 0) is 84.0 Å². The quantitative estimate of drug-likeness (QED) is 0.181. The summed E-state index contributed by atoms with van der Waals surface area (Å²) in [5.74, 6) is -1.13. The summed E-state index contributed by atoms with van der Waals surface area (Å²) in [7, 11) is 0. The zero-order chi connectivity index (χ0) is 29.4. The van der Waals surface area contributed by atoms with E-state index in [1.54, 1.807) is 48.7 Å². The number of halogens is 2. The zero-order valence-electron chi connectivity index (χ0n) is 22.7. The second kappa shape index (κ2) is 14.0. The molecule has 0 bridgehead atoms. The average molecular weight is 580 g/mol. The fraction of sp³-hybridized carbons (Fsp3) is 0.258. The van der Waals surface area contributed by atoms with Gasteiger partial charge < -0.3 is 20.1 Å². The van der Waals surface area contributed by atoms with Gasteiger partial charge in [0.25, 0.3) is 5.91 Å². The molecule has 0 radical (unpaired) electrons. The number of amides is 1. The maximum atomic E-state index is 13.8. The van der Waals surface area contributed by atoms with Gasteiger partial charge in [-0.3, -0.25) is 4.79 Å². The van der Waals surface area contributed by atoms with Crippen molar-refractivity contribution in [3.63, 3.8) is 0 Å². The lowest BCUT2D eigenvalue weighted by atomic mass is 9.92. The molecular weight excluding hydrogens is 548 g/mol. The predicted octanol–water partition coefficient (Wildman–Crippen LogP) is 5.95. The van der Waals surface area contributed by atoms with E-state index in [0.717, 1.165) is 11.5 Å². The number of rotatable bonds is 13. The Hall–Kier alpha value is -4.02. The van der Waals surface area contributed by atoms with Gasteiger partial charge in [0.2, 0.25) is 0 Å². The second-order valence-corrected chi connectivity index (χ2v) is 10.5. The number of ether oxygens (including phenoxy) is 1. The van der Waals surface area contributed by atoms with Crippen LogP contribution in [0.25, 0.3) is 11.1 Å². The fourth-order valence-corrected chi connectivity index (χ4v) is 4.90. The molecule has 0 aliphatic heterocycles. The van der Waals surface area contributed by atoms with Crippen molar-refractivity contribution in [1.82, 2.24) is 15.3 Å². The summed E-state index contributed by atoms with van der Waals surface area (Å²) in [6.45, 7) is 2.19. The monoisotopic (exact) mass is 579 g/mol. The van der Waals surface area contributed by atoms with E-state index in [4.69, 9.17) is 4.74 Å². The first-order chi connectivity index (χ1) is 19.7. The van der Waals surface area contributed by atoms with Crippen molar-refractivity contribution >= 4 is 23.6 Å². The largest absolute Gasteiger partial charge is 0.480 e. The molecule has 1 aromatic heterocycles. The lowest BCUT2D eigenvalue weighted by Crippen LogP contribution is -2.41. The van der Waals surface area contributed by atoms with Crippen LogP contribution in [0.4, 0.5) is 8.78 Å². The minimum atomic E-state index is -1.12. The molecule has 2 atom stereocenters. The first-order valence-corrected chi connectivity index (χ1v) is 14.4. The summed E-state index contributed by atoms with van der Waals surface area (Å²) >= 11 is 1.49. The van der Waals surface area contributed by atoms with Crippen LogP contribution in [-0.2, 0) is 16.0 Å². The van der Waals surface area contributed by atoms with Crippen LogP contribution in [0, 0.1) is 18.6 Å². The van der Waals surface area contributed by atoms with E-state index < -0.39 is 29.8 Å². The number of imidazole rings is 1. The molecule has 7 nitrogen and oxygen atoms in total. The highest BCUT2D eigenvalue weighted by Crippen LogP contribution is 2.33. The topological polar surface area (TPSA) is 104 Å². The molecule has 1 heterocycles. The van der Waals surface area contributed by atoms with Crippen molar-refractivity contribution in [3.8, 4) is 11.1 Å². The molecule has 1 amide bonds. The molecule has 3 N–H and O–H groups in total. The average Bonchev–Trinajstić information content (AvgIpc) is 3.38. The Labute approximate surface area is 241 Å². The molecule has 10 heteroatoms. The normalized spacial score (nSPS) is 12.6. The molecule has 4 aromatic rings. The number of carboxylic acid groups (broad SMARTS) is 1. The van der Waals surface area contributed by atoms with Crippen molar-refractivity contribution in [3.05, 3.63) is 113 Å². The molecule has 0 aliphatic rings. The molecule has 0 aliphatic carbocycles. The summed E-state index contributed by atoms with van der Waals surface area (Å²) in [6.07, 6.45) is 3.83. The first-order valence-electron chi connectivity index (χ1n) is 13.0. The first kappa shape index (κ1) is 30.0. The second-order valence-electron chi connectivity index (χ2n) is 9.50. The SMILES string of the molecule is CSCC[C@H](NC(=O)c1ccc(C(OCCc2cnc(C)[nH]2)c2ccc(F)cc2)cc1-c1ccc(F)cc1)C(=O)O. The molecular formula is C31H31F2N3O4S. The molecule has 41 heavy (non-hydrogen) atoms. The van der Waals surface area contributed by atoms with Crippen LogP contribution in [0.15, 0.2) is 72.9 Å². The van der Waals surface area contributed by atoms with Crippen LogP contribution in [0.5, 0.6) is 0 Å². The molecule has 3 aromatic carbocycles. The Morgan fingerprint density at radius 1 is 1.02 bits per heavy atom. The number of hydrogen-bond donors (Lipinski definition) is 3. The Morgan fingerprint density at radius 3 is 2.29 bits per heavy atom. The number of aromatic amines is 1. The highest BCUT2D eigenvalue weighted by molar-refractivity contribution is 7.98. The number of benzene rings is 3. The van der Waals surface area contributed by atoms with E-state index in [0.29, 0.717) is 41.0 Å². The third kappa shape index (κ3) is 8.02. The Bertz CT molecular complexity index is 1480. The number of thioether (sulfide) groups is 1. The third-order valence-electron chi connectivity index (χ3n) is 6.54. The maximum absolute atomic E-state index is 13.8. The molecule has 0 saturated heterocycles. The van der Waals surface area contributed by atoms with Crippen LogP contribution in [0.1, 0.15) is 45.5 Å². The van der Waals surface area contributed by atoms with E-state index in [1.807, 2.05) is 13.2 Å². The van der Waals surface area contributed by atoms with Gasteiger partial charge in [0, 0.05) is 23.9 Å². The van der Waals surface area contributed by atoms with Crippen molar-refractivity contribution in [2.24, 2.45) is 0 Å². The van der Waals surface area contributed by atoms with Gasteiger partial charge in [0.15, 0.2) is 0 Å². The number of aliphatic carboxylic acids is 1. The number of aromatic nitrogens is 2. The van der Waals surface area contributed by atoms with E-state index in [2.05, 4.69) is 15.3 Å². The lowest BCUT2D eigenvalue weighted by molar-refractivity contribution is -0.139. The van der Waals surface area contributed by atoms with Gasteiger partial charge in [-0.15, -0.1) is 0 Å². The number of hydrogen-bond acceptors (Lipinski definition) is 5. The summed E-state index contributed by atoms with van der Waals surface area (Å²) < 4.78 is 33.8. The van der Waals surface area contributed by atoms with E-state index in [9.17, 15) is 23.5 Å². The summed E-state index contributed by atoms with van der Waals surface area (Å²) in [4.78, 5) is 32.5. The van der Waals surface area contributed by atoms with Gasteiger partial charge in [-0.2, -0.15) is 11.8 Å². The number of carbonyl (C=O) groups is 2. The van der Waals surface area contributed by atoms with Crippen molar-refractivity contribution in [2.75, 3.05) is 18.6 Å². The minimum Gasteiger partial charge on any atom is -0.480 e. The third-order valence-corrected chi connectivity index (χ3v) is 7.19. The smallest absolute Gasteiger partial charge is 0.326 e. The van der Waals surface area contributed by atoms with Crippen molar-refractivity contribution in [1.29, 1.82) is 0 Å². The van der Waals surface area contributed by atoms with Gasteiger partial charge in [0.1, 0.15) is 29.6 Å². The van der Waals surface area contributed by atoms with Crippen LogP contribution < -0.4 is 5.32 Å². The summed E-state index contributed by atoms with van der Waals surface area (Å²) in [5, 5.41) is 12.2. The Balaban J connectivity index is 1.71. The van der Waals surface area contributed by atoms with Gasteiger partial charge in [-0.1, -0.05) is 30.3 Å². The van der Waals surface area contributed by atoms with E-state index >= 15 is 0 Å². The Morgan fingerprint density at radius 2 is 1.68 bits per heavy atom. The number of carboxylic acids is 1. The van der Waals surface area contributed by atoms with E-state index in [1.165, 1.54) is 36.0 Å². The highest BCUT2D eigenvalue weighted by atomic mass is 32.2. The molecule has 0 spiro atoms. The minimum absolute atomic E-state index is 0.238. The highest BCUT2D eigenvalue weighted by Gasteiger charge is 2.24. The summed E-state index contributed by atoms with van der Waals surface area (Å²) in [6, 6.07) is 15.7. The summed E-state index contributed by atoms with van der Waals surface area (Å²) in [5.41, 5.74) is 3.59. The van der Waals surface area contributed by atoms with E-state index in [-0.39, 0.29) is 17.8 Å². The number of H-pyrrole nitrogens is 1. The molecule has 0 fully saturated rings. The van der Waals surface area contributed by atoms with Crippen LogP contribution in [-0.4, -0.2) is 51.6 Å². The van der Waals surface area contributed by atoms with Gasteiger partial charge >= 0.3 is 5.97 Å². The zero-order valence-corrected chi connectivity index (χ0v) is 23.5. The molecule has 0 saturated carbocycles. The number of carbonyl (C=O) groups excluding carboxylic acids is 1. The Kier molecular flexibility index (Phi) is 10.3. The van der Waals surface area contributed by atoms with Crippen LogP contribution in [0.2, 0.25) is 0 Å². The number of nitrogens with one attached hydrogen (secondary N) is 2. The number of aryl methyl sites for hydroxylation is 1. The molecule has 1 unspecified atom stereocenters. The van der Waals surface area contributed by atoms with Crippen LogP contribution in [0.3, 0.4) is 0 Å².